The summed E-state index contributed by atoms with van der Waals surface area (Å²) < 4.78 is 39.8. The van der Waals surface area contributed by atoms with Crippen molar-refractivity contribution < 1.29 is 33.2 Å². The van der Waals surface area contributed by atoms with Crippen molar-refractivity contribution in [3.63, 3.8) is 0 Å². The Labute approximate surface area is 247 Å². The number of methoxy groups -OCH3 is 2. The number of carbonyl (C=O) groups excluding carboxylic acids is 1. The van der Waals surface area contributed by atoms with E-state index in [-0.39, 0.29) is 12.4 Å². The lowest BCUT2D eigenvalue weighted by Gasteiger charge is -2.37. The highest BCUT2D eigenvalue weighted by Crippen LogP contribution is 2.43. The number of hydrogen-bond acceptors (Lipinski definition) is 8. The molecule has 11 heteroatoms. The highest BCUT2D eigenvalue weighted by molar-refractivity contribution is 5.87. The maximum Gasteiger partial charge on any atom is 0.351 e. The third-order valence-electron chi connectivity index (χ3n) is 7.34. The van der Waals surface area contributed by atoms with Crippen molar-refractivity contribution in [2.45, 2.75) is 37.1 Å². The van der Waals surface area contributed by atoms with Crippen molar-refractivity contribution in [2.75, 3.05) is 26.1 Å². The average Bonchev–Trinajstić information content (AvgIpc) is 3.31. The van der Waals surface area contributed by atoms with Crippen LogP contribution < -0.4 is 20.5 Å². The predicted molar refractivity (Wildman–Crippen MR) is 156 cm³/mol. The molecule has 1 aromatic heterocycles. The lowest BCUT2D eigenvalue weighted by atomic mass is 9.80. The number of aliphatic hydroxyl groups is 1. The second-order valence-electron chi connectivity index (χ2n) is 10.00. The SMILES string of the molecule is COc1ccc(C(OC[C@H]2O[C@@H](n3ccc(NC(C)=O)nc3=O)[C@H](F)[C@@H]2O)(c2ccccc2)c2ccc(OC)cc2)cc1. The standard InChI is InChI=1S/C32H32FN3O7/c1-20(37)34-27-17-18-36(31(39)35-27)30-28(33)29(38)26(43-30)19-42-32(21-7-5-4-6-8-21,22-9-13-24(40-2)14-10-22)23-11-15-25(41-3)16-12-23/h4-18,26,28-30,38H,19H2,1-3H3,(H,34,35,37,39)/t26-,28-,29-,30-/m1/s1. The lowest BCUT2D eigenvalue weighted by molar-refractivity contribution is -0.114. The Bertz CT molecular complexity index is 1550. The van der Waals surface area contributed by atoms with Gasteiger partial charge in [-0.1, -0.05) is 54.6 Å². The Balaban J connectivity index is 1.51. The Hall–Kier alpha value is -4.58. The zero-order valence-electron chi connectivity index (χ0n) is 23.8. The Morgan fingerprint density at radius 1 is 0.953 bits per heavy atom. The minimum atomic E-state index is -1.95. The van der Waals surface area contributed by atoms with Crippen LogP contribution in [0.2, 0.25) is 0 Å². The van der Waals surface area contributed by atoms with E-state index in [9.17, 15) is 14.7 Å². The minimum absolute atomic E-state index is 0.0224. The number of carbonyl (C=O) groups is 1. The fraction of sp³-hybridized carbons (Fsp3) is 0.281. The molecule has 1 aliphatic heterocycles. The van der Waals surface area contributed by atoms with E-state index in [4.69, 9.17) is 18.9 Å². The zero-order chi connectivity index (χ0) is 30.6. The molecule has 0 unspecified atom stereocenters. The maximum atomic E-state index is 15.4. The monoisotopic (exact) mass is 589 g/mol. The molecule has 4 atom stereocenters. The second kappa shape index (κ2) is 12.7. The van der Waals surface area contributed by atoms with Crippen molar-refractivity contribution in [3.8, 4) is 11.5 Å². The molecule has 2 heterocycles. The van der Waals surface area contributed by atoms with Gasteiger partial charge in [-0.25, -0.2) is 9.18 Å². The van der Waals surface area contributed by atoms with Gasteiger partial charge in [-0.3, -0.25) is 9.36 Å². The highest BCUT2D eigenvalue weighted by atomic mass is 19.1. The Morgan fingerprint density at radius 2 is 1.51 bits per heavy atom. The van der Waals surface area contributed by atoms with Crippen LogP contribution in [0.25, 0.3) is 0 Å². The molecule has 224 valence electrons. The number of nitrogens with one attached hydrogen (secondary N) is 1. The molecule has 0 saturated carbocycles. The summed E-state index contributed by atoms with van der Waals surface area (Å²) in [6.07, 6.45) is -4.89. The van der Waals surface area contributed by atoms with Gasteiger partial charge in [0.05, 0.1) is 20.8 Å². The summed E-state index contributed by atoms with van der Waals surface area (Å²) in [5.41, 5.74) is 0.215. The molecule has 0 radical (unpaired) electrons. The molecule has 43 heavy (non-hydrogen) atoms. The third kappa shape index (κ3) is 6.00. The first kappa shape index (κ1) is 29.9. The van der Waals surface area contributed by atoms with E-state index in [2.05, 4.69) is 10.3 Å². The summed E-state index contributed by atoms with van der Waals surface area (Å²) in [7, 11) is 3.16. The molecule has 5 rings (SSSR count). The summed E-state index contributed by atoms with van der Waals surface area (Å²) in [4.78, 5) is 27.8. The van der Waals surface area contributed by atoms with Crippen LogP contribution in [-0.4, -0.2) is 59.8 Å². The van der Waals surface area contributed by atoms with Crippen LogP contribution >= 0.6 is 0 Å². The van der Waals surface area contributed by atoms with E-state index in [0.717, 1.165) is 21.3 Å². The highest BCUT2D eigenvalue weighted by Gasteiger charge is 2.47. The van der Waals surface area contributed by atoms with E-state index in [1.807, 2.05) is 78.9 Å². The number of nitrogens with zero attached hydrogens (tertiary/aromatic N) is 2. The summed E-state index contributed by atoms with van der Waals surface area (Å²) in [5, 5.41) is 13.3. The van der Waals surface area contributed by atoms with Gasteiger partial charge in [0.1, 0.15) is 35.1 Å². The Morgan fingerprint density at radius 3 is 2.02 bits per heavy atom. The molecule has 0 spiro atoms. The minimum Gasteiger partial charge on any atom is -0.497 e. The van der Waals surface area contributed by atoms with Crippen LogP contribution in [0.4, 0.5) is 10.2 Å². The van der Waals surface area contributed by atoms with Crippen molar-refractivity contribution in [1.29, 1.82) is 0 Å². The van der Waals surface area contributed by atoms with Crippen molar-refractivity contribution in [1.82, 2.24) is 9.55 Å². The molecule has 0 bridgehead atoms. The van der Waals surface area contributed by atoms with Crippen LogP contribution in [0.1, 0.15) is 29.8 Å². The fourth-order valence-electron chi connectivity index (χ4n) is 5.20. The predicted octanol–water partition coefficient (Wildman–Crippen LogP) is 3.82. The number of rotatable bonds is 10. The van der Waals surface area contributed by atoms with Crippen molar-refractivity contribution in [2.24, 2.45) is 0 Å². The molecule has 1 amide bonds. The smallest absolute Gasteiger partial charge is 0.351 e. The van der Waals surface area contributed by atoms with Gasteiger partial charge in [-0.2, -0.15) is 4.98 Å². The molecule has 4 aromatic rings. The van der Waals surface area contributed by atoms with Crippen LogP contribution in [0.15, 0.2) is 95.9 Å². The van der Waals surface area contributed by atoms with Crippen LogP contribution in [0.5, 0.6) is 11.5 Å². The van der Waals surface area contributed by atoms with Gasteiger partial charge in [0, 0.05) is 13.1 Å². The quantitative estimate of drug-likeness (QED) is 0.268. The number of benzene rings is 3. The van der Waals surface area contributed by atoms with E-state index in [1.165, 1.54) is 19.2 Å². The van der Waals surface area contributed by atoms with E-state index in [0.29, 0.717) is 11.5 Å². The summed E-state index contributed by atoms with van der Waals surface area (Å²) in [5.74, 6) is 0.922. The molecular formula is C32H32FN3O7. The summed E-state index contributed by atoms with van der Waals surface area (Å²) in [6, 6.07) is 25.6. The molecule has 10 nitrogen and oxygen atoms in total. The molecular weight excluding hydrogens is 557 g/mol. The number of alkyl halides is 1. The topological polar surface area (TPSA) is 121 Å². The third-order valence-corrected chi connectivity index (χ3v) is 7.34. The van der Waals surface area contributed by atoms with Crippen LogP contribution in [-0.2, 0) is 19.9 Å². The summed E-state index contributed by atoms with van der Waals surface area (Å²) in [6.45, 7) is 1.04. The molecule has 2 N–H and O–H groups in total. The number of aromatic nitrogens is 2. The fourth-order valence-corrected chi connectivity index (χ4v) is 5.20. The van der Waals surface area contributed by atoms with Crippen LogP contribution in [0.3, 0.4) is 0 Å². The first-order valence-electron chi connectivity index (χ1n) is 13.6. The van der Waals surface area contributed by atoms with Gasteiger partial charge >= 0.3 is 5.69 Å². The number of aliphatic hydroxyl groups excluding tert-OH is 1. The Kier molecular flexibility index (Phi) is 8.86. The maximum absolute atomic E-state index is 15.4. The average molecular weight is 590 g/mol. The molecule has 1 fully saturated rings. The number of halogens is 1. The van der Waals surface area contributed by atoms with E-state index < -0.39 is 41.8 Å². The van der Waals surface area contributed by atoms with Crippen molar-refractivity contribution >= 4 is 11.7 Å². The van der Waals surface area contributed by atoms with Gasteiger partial charge in [0.15, 0.2) is 12.4 Å². The van der Waals surface area contributed by atoms with Crippen molar-refractivity contribution in [3.05, 3.63) is 118 Å². The number of anilines is 1. The normalized spacial score (nSPS) is 20.0. The van der Waals surface area contributed by atoms with Gasteiger partial charge in [-0.05, 0) is 47.0 Å². The molecule has 1 saturated heterocycles. The lowest BCUT2D eigenvalue weighted by Crippen LogP contribution is -2.39. The van der Waals surface area contributed by atoms with Crippen LogP contribution in [0, 0.1) is 0 Å². The second-order valence-corrected chi connectivity index (χ2v) is 10.00. The number of ether oxygens (including phenoxy) is 4. The summed E-state index contributed by atoms with van der Waals surface area (Å²) >= 11 is 0. The number of hydrogen-bond donors (Lipinski definition) is 2. The molecule has 0 aliphatic carbocycles. The van der Waals surface area contributed by atoms with Gasteiger partial charge < -0.3 is 29.4 Å². The van der Waals surface area contributed by atoms with E-state index in [1.54, 1.807) is 14.2 Å². The van der Waals surface area contributed by atoms with Gasteiger partial charge in [0.2, 0.25) is 5.91 Å². The van der Waals surface area contributed by atoms with E-state index >= 15 is 4.39 Å². The molecule has 1 aliphatic rings. The van der Waals surface area contributed by atoms with Gasteiger partial charge in [0.25, 0.3) is 0 Å². The largest absolute Gasteiger partial charge is 0.497 e. The van der Waals surface area contributed by atoms with Gasteiger partial charge in [-0.15, -0.1) is 0 Å². The zero-order valence-corrected chi connectivity index (χ0v) is 23.8. The first-order valence-corrected chi connectivity index (χ1v) is 13.6. The first-order chi connectivity index (χ1) is 20.8. The number of amides is 1. The molecule has 3 aromatic carbocycles.